The Morgan fingerprint density at radius 2 is 2.12 bits per heavy atom. The van der Waals surface area contributed by atoms with E-state index in [1.165, 1.54) is 6.07 Å². The molecule has 1 aromatic rings. The van der Waals surface area contributed by atoms with Gasteiger partial charge in [0.05, 0.1) is 11.6 Å². The van der Waals surface area contributed by atoms with E-state index in [4.69, 9.17) is 0 Å². The Balaban J connectivity index is 2.66. The van der Waals surface area contributed by atoms with Gasteiger partial charge in [-0.3, -0.25) is 4.79 Å². The predicted molar refractivity (Wildman–Crippen MR) is 62.7 cm³/mol. The quantitative estimate of drug-likeness (QED) is 0.803. The van der Waals surface area contributed by atoms with Crippen molar-refractivity contribution in [3.63, 3.8) is 0 Å². The van der Waals surface area contributed by atoms with Gasteiger partial charge in [0.25, 0.3) is 0 Å². The fraction of sp³-hybridized carbons (Fsp3) is 0.417. The Morgan fingerprint density at radius 3 is 2.69 bits per heavy atom. The summed E-state index contributed by atoms with van der Waals surface area (Å²) in [7, 11) is 1.79. The molecule has 0 bridgehead atoms. The van der Waals surface area contributed by atoms with Gasteiger partial charge in [-0.1, -0.05) is 19.1 Å². The highest BCUT2D eigenvalue weighted by Gasteiger charge is 2.16. The third-order valence-corrected chi connectivity index (χ3v) is 2.45. The van der Waals surface area contributed by atoms with Gasteiger partial charge in [0, 0.05) is 6.54 Å². The van der Waals surface area contributed by atoms with Crippen molar-refractivity contribution in [3.8, 4) is 0 Å². The summed E-state index contributed by atoms with van der Waals surface area (Å²) in [4.78, 5) is 11.8. The molecule has 0 saturated heterocycles. The first-order valence-corrected chi connectivity index (χ1v) is 5.39. The van der Waals surface area contributed by atoms with Crippen LogP contribution in [0.15, 0.2) is 24.3 Å². The number of para-hydroxylation sites is 1. The van der Waals surface area contributed by atoms with Crippen molar-refractivity contribution < 1.29 is 9.18 Å². The van der Waals surface area contributed by atoms with Crippen LogP contribution in [0, 0.1) is 11.7 Å². The largest absolute Gasteiger partial charge is 0.323 e. The van der Waals surface area contributed by atoms with E-state index in [0.717, 1.165) is 6.42 Å². The Hall–Kier alpha value is -1.42. The first-order valence-electron chi connectivity index (χ1n) is 5.39. The second-order valence-electron chi connectivity index (χ2n) is 3.63. The Labute approximate surface area is 95.0 Å². The maximum Gasteiger partial charge on any atom is 0.228 e. The zero-order valence-corrected chi connectivity index (χ0v) is 9.59. The minimum Gasteiger partial charge on any atom is -0.323 e. The smallest absolute Gasteiger partial charge is 0.228 e. The standard InChI is InChI=1S/C12H17FN2O/c1-3-9(8-14-2)12(16)15-11-7-5-4-6-10(11)13/h4-7,9,14H,3,8H2,1-2H3,(H,15,16). The van der Waals surface area contributed by atoms with Gasteiger partial charge in [0.1, 0.15) is 5.82 Å². The molecule has 0 fully saturated rings. The number of carbonyl (C=O) groups excluding carboxylic acids is 1. The van der Waals surface area contributed by atoms with Crippen LogP contribution in [0.4, 0.5) is 10.1 Å². The molecule has 88 valence electrons. The van der Waals surface area contributed by atoms with E-state index >= 15 is 0 Å². The maximum atomic E-state index is 13.3. The summed E-state index contributed by atoms with van der Waals surface area (Å²) in [6, 6.07) is 6.17. The van der Waals surface area contributed by atoms with Crippen molar-refractivity contribution in [2.45, 2.75) is 13.3 Å². The van der Waals surface area contributed by atoms with Crippen molar-refractivity contribution in [1.82, 2.24) is 5.32 Å². The van der Waals surface area contributed by atoms with Gasteiger partial charge < -0.3 is 10.6 Å². The molecule has 4 heteroatoms. The van der Waals surface area contributed by atoms with Gasteiger partial charge in [-0.2, -0.15) is 0 Å². The zero-order valence-electron chi connectivity index (χ0n) is 9.59. The summed E-state index contributed by atoms with van der Waals surface area (Å²) in [5, 5.41) is 5.54. The molecule has 0 aliphatic rings. The summed E-state index contributed by atoms with van der Waals surface area (Å²) < 4.78 is 13.3. The van der Waals surface area contributed by atoms with E-state index in [2.05, 4.69) is 10.6 Å². The van der Waals surface area contributed by atoms with E-state index in [1.807, 2.05) is 6.92 Å². The summed E-state index contributed by atoms with van der Waals surface area (Å²) >= 11 is 0. The highest BCUT2D eigenvalue weighted by atomic mass is 19.1. The molecule has 0 aliphatic heterocycles. The van der Waals surface area contributed by atoms with Gasteiger partial charge in [-0.05, 0) is 25.6 Å². The molecule has 0 radical (unpaired) electrons. The number of anilines is 1. The molecular formula is C12H17FN2O. The van der Waals surface area contributed by atoms with Crippen LogP contribution < -0.4 is 10.6 Å². The highest BCUT2D eigenvalue weighted by molar-refractivity contribution is 5.92. The molecule has 1 amide bonds. The van der Waals surface area contributed by atoms with Gasteiger partial charge in [-0.15, -0.1) is 0 Å². The molecule has 1 rings (SSSR count). The molecular weight excluding hydrogens is 207 g/mol. The van der Waals surface area contributed by atoms with Crippen LogP contribution in [0.1, 0.15) is 13.3 Å². The van der Waals surface area contributed by atoms with Crippen molar-refractivity contribution in [3.05, 3.63) is 30.1 Å². The van der Waals surface area contributed by atoms with E-state index in [1.54, 1.807) is 25.2 Å². The Morgan fingerprint density at radius 1 is 1.44 bits per heavy atom. The number of amides is 1. The Kier molecular flexibility index (Phi) is 4.92. The first kappa shape index (κ1) is 12.6. The molecule has 2 N–H and O–H groups in total. The van der Waals surface area contributed by atoms with E-state index in [0.29, 0.717) is 6.54 Å². The minimum atomic E-state index is -0.407. The van der Waals surface area contributed by atoms with Crippen molar-refractivity contribution in [1.29, 1.82) is 0 Å². The van der Waals surface area contributed by atoms with Gasteiger partial charge in [0.2, 0.25) is 5.91 Å². The van der Waals surface area contributed by atoms with E-state index in [9.17, 15) is 9.18 Å². The molecule has 0 saturated carbocycles. The lowest BCUT2D eigenvalue weighted by molar-refractivity contribution is -0.119. The second kappa shape index (κ2) is 6.23. The van der Waals surface area contributed by atoms with Crippen LogP contribution in [-0.4, -0.2) is 19.5 Å². The Bertz CT molecular complexity index is 355. The summed E-state index contributed by atoms with van der Waals surface area (Å²) in [5.74, 6) is -0.693. The topological polar surface area (TPSA) is 41.1 Å². The number of carbonyl (C=O) groups is 1. The third-order valence-electron chi connectivity index (χ3n) is 2.45. The van der Waals surface area contributed by atoms with Crippen molar-refractivity contribution in [2.24, 2.45) is 5.92 Å². The van der Waals surface area contributed by atoms with Crippen molar-refractivity contribution >= 4 is 11.6 Å². The molecule has 0 aromatic heterocycles. The molecule has 1 aromatic carbocycles. The van der Waals surface area contributed by atoms with Crippen molar-refractivity contribution in [2.75, 3.05) is 18.9 Å². The van der Waals surface area contributed by atoms with Crippen LogP contribution in [0.25, 0.3) is 0 Å². The number of benzene rings is 1. The maximum absolute atomic E-state index is 13.3. The van der Waals surface area contributed by atoms with Crippen LogP contribution in [0.5, 0.6) is 0 Å². The second-order valence-corrected chi connectivity index (χ2v) is 3.63. The molecule has 1 unspecified atom stereocenters. The minimum absolute atomic E-state index is 0.135. The highest BCUT2D eigenvalue weighted by Crippen LogP contribution is 2.14. The van der Waals surface area contributed by atoms with Gasteiger partial charge in [0.15, 0.2) is 0 Å². The predicted octanol–water partition coefficient (Wildman–Crippen LogP) is 2.01. The monoisotopic (exact) mass is 224 g/mol. The summed E-state index contributed by atoms with van der Waals surface area (Å²) in [5.41, 5.74) is 0.238. The third kappa shape index (κ3) is 3.31. The lowest BCUT2D eigenvalue weighted by Gasteiger charge is -2.14. The summed E-state index contributed by atoms with van der Waals surface area (Å²) in [6.07, 6.45) is 0.723. The molecule has 0 heterocycles. The zero-order chi connectivity index (χ0) is 12.0. The SMILES string of the molecule is CCC(CNC)C(=O)Nc1ccccc1F. The fourth-order valence-corrected chi connectivity index (χ4v) is 1.47. The molecule has 0 aliphatic carbocycles. The van der Waals surface area contributed by atoms with Gasteiger partial charge >= 0.3 is 0 Å². The van der Waals surface area contributed by atoms with Crippen LogP contribution in [-0.2, 0) is 4.79 Å². The molecule has 1 atom stereocenters. The first-order chi connectivity index (χ1) is 7.69. The van der Waals surface area contributed by atoms with Gasteiger partial charge in [-0.25, -0.2) is 4.39 Å². The number of halogens is 1. The number of hydrogen-bond donors (Lipinski definition) is 2. The van der Waals surface area contributed by atoms with Crippen LogP contribution >= 0.6 is 0 Å². The number of hydrogen-bond acceptors (Lipinski definition) is 2. The molecule has 3 nitrogen and oxygen atoms in total. The summed E-state index contributed by atoms with van der Waals surface area (Å²) in [6.45, 7) is 2.53. The van der Waals surface area contributed by atoms with E-state index in [-0.39, 0.29) is 17.5 Å². The van der Waals surface area contributed by atoms with Crippen LogP contribution in [0.3, 0.4) is 0 Å². The van der Waals surface area contributed by atoms with Crippen LogP contribution in [0.2, 0.25) is 0 Å². The number of nitrogens with one attached hydrogen (secondary N) is 2. The molecule has 0 spiro atoms. The normalized spacial score (nSPS) is 12.2. The average Bonchev–Trinajstić information content (AvgIpc) is 2.29. The lowest BCUT2D eigenvalue weighted by atomic mass is 10.1. The lowest BCUT2D eigenvalue weighted by Crippen LogP contribution is -2.30. The number of rotatable bonds is 5. The van der Waals surface area contributed by atoms with E-state index < -0.39 is 5.82 Å². The average molecular weight is 224 g/mol. The molecule has 16 heavy (non-hydrogen) atoms. The fourth-order valence-electron chi connectivity index (χ4n) is 1.47.